The van der Waals surface area contributed by atoms with Gasteiger partial charge in [0.15, 0.2) is 5.11 Å². The lowest BCUT2D eigenvalue weighted by molar-refractivity contribution is -0.133. The molecule has 0 fully saturated rings. The van der Waals surface area contributed by atoms with Gasteiger partial charge in [-0.1, -0.05) is 13.8 Å². The van der Waals surface area contributed by atoms with Crippen molar-refractivity contribution < 1.29 is 14.3 Å². The average molecular weight is 294 g/mol. The number of carboxylic acid groups (broad SMARTS) is 1. The zero-order valence-corrected chi connectivity index (χ0v) is 11.9. The molecule has 3 N–H and O–H groups in total. The predicted octanol–water partition coefficient (Wildman–Crippen LogP) is 2.12. The van der Waals surface area contributed by atoms with Crippen molar-refractivity contribution in [1.82, 2.24) is 10.6 Å². The van der Waals surface area contributed by atoms with E-state index in [0.29, 0.717) is 16.4 Å². The molecule has 0 aromatic heterocycles. The van der Waals surface area contributed by atoms with E-state index in [4.69, 9.17) is 12.2 Å². The second-order valence-electron chi connectivity index (χ2n) is 4.92. The van der Waals surface area contributed by atoms with Crippen LogP contribution in [0.2, 0.25) is 0 Å². The predicted molar refractivity (Wildman–Crippen MR) is 78.5 cm³/mol. The Kier molecular flexibility index (Phi) is 4.04. The molecule has 6 heteroatoms. The van der Waals surface area contributed by atoms with Crippen molar-refractivity contribution in [2.24, 2.45) is 5.92 Å². The smallest absolute Gasteiger partial charge is 0.335 e. The lowest BCUT2D eigenvalue weighted by Gasteiger charge is -2.32. The molecule has 0 radical (unpaired) electrons. The van der Waals surface area contributed by atoms with E-state index in [9.17, 15) is 14.3 Å². The van der Waals surface area contributed by atoms with Gasteiger partial charge in [-0.05, 0) is 48.0 Å². The summed E-state index contributed by atoms with van der Waals surface area (Å²) >= 11 is 5.12. The number of hydrogen-bond acceptors (Lipinski definition) is 2. The number of thiocarbonyl (C=S) groups is 1. The van der Waals surface area contributed by atoms with Gasteiger partial charge in [0.05, 0.1) is 17.3 Å². The van der Waals surface area contributed by atoms with Gasteiger partial charge in [-0.15, -0.1) is 0 Å². The van der Waals surface area contributed by atoms with Crippen LogP contribution >= 0.6 is 12.2 Å². The molecule has 1 atom stereocenters. The lowest BCUT2D eigenvalue weighted by Crippen LogP contribution is -2.51. The van der Waals surface area contributed by atoms with Crippen molar-refractivity contribution in [3.63, 3.8) is 0 Å². The molecule has 2 rings (SSSR count). The summed E-state index contributed by atoms with van der Waals surface area (Å²) in [5.74, 6) is -1.34. The first-order chi connectivity index (χ1) is 9.40. The van der Waals surface area contributed by atoms with Crippen LogP contribution in [0.5, 0.6) is 0 Å². The van der Waals surface area contributed by atoms with Crippen LogP contribution in [0.4, 0.5) is 4.39 Å². The van der Waals surface area contributed by atoms with E-state index >= 15 is 0 Å². The van der Waals surface area contributed by atoms with Crippen molar-refractivity contribution in [3.05, 3.63) is 41.2 Å². The highest BCUT2D eigenvalue weighted by Crippen LogP contribution is 2.25. The maximum absolute atomic E-state index is 13.0. The zero-order chi connectivity index (χ0) is 14.9. The van der Waals surface area contributed by atoms with Crippen molar-refractivity contribution in [2.45, 2.75) is 19.9 Å². The largest absolute Gasteiger partial charge is 0.478 e. The topological polar surface area (TPSA) is 61.4 Å². The number of halogens is 1. The highest BCUT2D eigenvalue weighted by Gasteiger charge is 2.32. The molecule has 0 bridgehead atoms. The number of rotatable bonds is 3. The van der Waals surface area contributed by atoms with Crippen LogP contribution in [-0.2, 0) is 4.79 Å². The zero-order valence-electron chi connectivity index (χ0n) is 11.1. The first kappa shape index (κ1) is 14.5. The minimum absolute atomic E-state index is 0.0524. The first-order valence-electron chi connectivity index (χ1n) is 6.21. The Morgan fingerprint density at radius 3 is 2.45 bits per heavy atom. The van der Waals surface area contributed by atoms with Gasteiger partial charge in [0, 0.05) is 0 Å². The minimum atomic E-state index is -1.02. The second-order valence-corrected chi connectivity index (χ2v) is 5.33. The number of carbonyl (C=O) groups is 1. The molecule has 0 saturated heterocycles. The van der Waals surface area contributed by atoms with Gasteiger partial charge in [0.2, 0.25) is 0 Å². The fraction of sp³-hybridized carbons (Fsp3) is 0.286. The van der Waals surface area contributed by atoms with Gasteiger partial charge in [-0.25, -0.2) is 9.18 Å². The summed E-state index contributed by atoms with van der Waals surface area (Å²) in [5, 5.41) is 15.7. The van der Waals surface area contributed by atoms with E-state index in [2.05, 4.69) is 10.6 Å². The molecule has 1 aromatic carbocycles. The van der Waals surface area contributed by atoms with Crippen LogP contribution in [0.15, 0.2) is 29.8 Å². The third-order valence-corrected chi connectivity index (χ3v) is 3.36. The number of benzene rings is 1. The van der Waals surface area contributed by atoms with E-state index in [1.807, 2.05) is 13.8 Å². The molecule has 1 heterocycles. The Bertz CT molecular complexity index is 581. The third-order valence-electron chi connectivity index (χ3n) is 3.14. The van der Waals surface area contributed by atoms with Crippen LogP contribution in [0, 0.1) is 11.7 Å². The Balaban J connectivity index is 2.58. The van der Waals surface area contributed by atoms with Gasteiger partial charge in [-0.2, -0.15) is 0 Å². The summed E-state index contributed by atoms with van der Waals surface area (Å²) in [6.45, 7) is 3.83. The molecule has 1 aromatic rings. The van der Waals surface area contributed by atoms with E-state index in [0.717, 1.165) is 0 Å². The molecular weight excluding hydrogens is 279 g/mol. The Labute approximate surface area is 121 Å². The summed E-state index contributed by atoms with van der Waals surface area (Å²) in [4.78, 5) is 11.6. The molecule has 1 aliphatic heterocycles. The van der Waals surface area contributed by atoms with Gasteiger partial charge < -0.3 is 15.7 Å². The van der Waals surface area contributed by atoms with Crippen molar-refractivity contribution in [1.29, 1.82) is 0 Å². The van der Waals surface area contributed by atoms with Gasteiger partial charge in [0.25, 0.3) is 0 Å². The van der Waals surface area contributed by atoms with Crippen LogP contribution in [0.1, 0.15) is 19.4 Å². The Morgan fingerprint density at radius 1 is 1.35 bits per heavy atom. The SMILES string of the molecule is CC(C)C1NC(=S)NC(c2ccc(F)cc2)=C1C(=O)O. The minimum Gasteiger partial charge on any atom is -0.478 e. The average Bonchev–Trinajstić information content (AvgIpc) is 2.38. The normalized spacial score (nSPS) is 18.8. The maximum atomic E-state index is 13.0. The highest BCUT2D eigenvalue weighted by molar-refractivity contribution is 7.80. The molecule has 4 nitrogen and oxygen atoms in total. The van der Waals surface area contributed by atoms with Crippen LogP contribution < -0.4 is 10.6 Å². The number of hydrogen-bond donors (Lipinski definition) is 3. The molecule has 20 heavy (non-hydrogen) atoms. The monoisotopic (exact) mass is 294 g/mol. The van der Waals surface area contributed by atoms with Crippen molar-refractivity contribution in [3.8, 4) is 0 Å². The van der Waals surface area contributed by atoms with Gasteiger partial charge >= 0.3 is 5.97 Å². The molecule has 1 unspecified atom stereocenters. The van der Waals surface area contributed by atoms with Gasteiger partial charge in [-0.3, -0.25) is 0 Å². The molecule has 0 aliphatic carbocycles. The van der Waals surface area contributed by atoms with E-state index < -0.39 is 5.97 Å². The first-order valence-corrected chi connectivity index (χ1v) is 6.62. The second kappa shape index (κ2) is 5.58. The van der Waals surface area contributed by atoms with Crippen LogP contribution in [0.3, 0.4) is 0 Å². The summed E-state index contributed by atoms with van der Waals surface area (Å²) in [7, 11) is 0. The fourth-order valence-corrected chi connectivity index (χ4v) is 2.40. The van der Waals surface area contributed by atoms with Crippen LogP contribution in [0.25, 0.3) is 5.70 Å². The fourth-order valence-electron chi connectivity index (χ4n) is 2.17. The standard InChI is InChI=1S/C14H15FN2O2S/c1-7(2)11-10(13(18)19)12(17-14(20)16-11)8-3-5-9(15)6-4-8/h3-7,11H,1-2H3,(H,18,19)(H2,16,17,20). The van der Waals surface area contributed by atoms with Crippen molar-refractivity contribution >= 4 is 29.0 Å². The maximum Gasteiger partial charge on any atom is 0.335 e. The number of carboxylic acids is 1. The molecular formula is C14H15FN2O2S. The van der Waals surface area contributed by atoms with Gasteiger partial charge in [0.1, 0.15) is 5.82 Å². The van der Waals surface area contributed by atoms with Crippen molar-refractivity contribution in [2.75, 3.05) is 0 Å². The molecule has 0 amide bonds. The lowest BCUT2D eigenvalue weighted by atomic mass is 9.91. The Morgan fingerprint density at radius 2 is 1.95 bits per heavy atom. The quantitative estimate of drug-likeness (QED) is 0.746. The summed E-state index contributed by atoms with van der Waals surface area (Å²) in [6, 6.07) is 5.26. The molecule has 1 aliphatic rings. The number of nitrogens with one attached hydrogen (secondary N) is 2. The summed E-state index contributed by atoms with van der Waals surface area (Å²) in [6.07, 6.45) is 0. The molecule has 0 spiro atoms. The highest BCUT2D eigenvalue weighted by atomic mass is 32.1. The third kappa shape index (κ3) is 2.80. The summed E-state index contributed by atoms with van der Waals surface area (Å²) in [5.41, 5.74) is 1.22. The molecule has 106 valence electrons. The van der Waals surface area contributed by atoms with E-state index in [1.54, 1.807) is 0 Å². The number of aliphatic carboxylic acids is 1. The van der Waals surface area contributed by atoms with Crippen LogP contribution in [-0.4, -0.2) is 22.2 Å². The Hall–Kier alpha value is -1.95. The summed E-state index contributed by atoms with van der Waals surface area (Å²) < 4.78 is 13.0. The van der Waals surface area contributed by atoms with E-state index in [1.165, 1.54) is 24.3 Å². The molecule has 0 saturated carbocycles. The van der Waals surface area contributed by atoms with E-state index in [-0.39, 0.29) is 23.4 Å².